The Balaban J connectivity index is 1.66. The quantitative estimate of drug-likeness (QED) is 0.711. The molecule has 2 aliphatic heterocycles. The van der Waals surface area contributed by atoms with Crippen molar-refractivity contribution >= 4 is 0 Å². The van der Waals surface area contributed by atoms with Crippen LogP contribution in [-0.4, -0.2) is 53.7 Å². The standard InChI is InChI=1S/C10H13N3O3/c1-2-12-9(3-11-1)16-6-10-4-14-7-13(10)8-15-5-10/h1-3H,4-8H2. The van der Waals surface area contributed by atoms with E-state index in [1.54, 1.807) is 18.6 Å². The molecule has 1 aromatic rings. The molecule has 0 amide bonds. The van der Waals surface area contributed by atoms with Crippen LogP contribution in [0.15, 0.2) is 18.6 Å². The maximum atomic E-state index is 5.62. The molecule has 2 fully saturated rings. The molecular weight excluding hydrogens is 210 g/mol. The van der Waals surface area contributed by atoms with Gasteiger partial charge in [0.25, 0.3) is 0 Å². The van der Waals surface area contributed by atoms with Gasteiger partial charge in [-0.3, -0.25) is 4.98 Å². The first-order chi connectivity index (χ1) is 7.89. The summed E-state index contributed by atoms with van der Waals surface area (Å²) in [7, 11) is 0. The molecule has 1 aromatic heterocycles. The van der Waals surface area contributed by atoms with Crippen LogP contribution < -0.4 is 4.74 Å². The van der Waals surface area contributed by atoms with E-state index < -0.39 is 0 Å². The van der Waals surface area contributed by atoms with E-state index in [0.717, 1.165) is 0 Å². The molecule has 3 heterocycles. The molecule has 0 saturated carbocycles. The minimum absolute atomic E-state index is 0.141. The Hall–Kier alpha value is -1.24. The molecular formula is C10H13N3O3. The summed E-state index contributed by atoms with van der Waals surface area (Å²) in [6.45, 7) is 3.04. The summed E-state index contributed by atoms with van der Waals surface area (Å²) in [5, 5.41) is 0. The highest BCUT2D eigenvalue weighted by Crippen LogP contribution is 2.28. The van der Waals surface area contributed by atoms with Gasteiger partial charge in [0.15, 0.2) is 0 Å². The minimum Gasteiger partial charge on any atom is -0.474 e. The van der Waals surface area contributed by atoms with E-state index in [9.17, 15) is 0 Å². The second-order valence-electron chi connectivity index (χ2n) is 4.05. The van der Waals surface area contributed by atoms with Gasteiger partial charge in [0.1, 0.15) is 25.6 Å². The van der Waals surface area contributed by atoms with Crippen LogP contribution in [0.4, 0.5) is 0 Å². The molecule has 2 aliphatic rings. The van der Waals surface area contributed by atoms with Crippen molar-refractivity contribution in [1.82, 2.24) is 14.9 Å². The van der Waals surface area contributed by atoms with E-state index in [1.807, 2.05) is 0 Å². The van der Waals surface area contributed by atoms with Gasteiger partial charge in [-0.1, -0.05) is 0 Å². The lowest BCUT2D eigenvalue weighted by Crippen LogP contribution is -2.48. The zero-order valence-electron chi connectivity index (χ0n) is 8.83. The summed E-state index contributed by atoms with van der Waals surface area (Å²) < 4.78 is 16.5. The van der Waals surface area contributed by atoms with Gasteiger partial charge in [0.2, 0.25) is 5.88 Å². The summed E-state index contributed by atoms with van der Waals surface area (Å²) in [4.78, 5) is 10.2. The van der Waals surface area contributed by atoms with Crippen LogP contribution in [0.3, 0.4) is 0 Å². The zero-order chi connectivity index (χ0) is 10.8. The minimum atomic E-state index is -0.141. The van der Waals surface area contributed by atoms with E-state index in [4.69, 9.17) is 14.2 Å². The molecule has 6 heteroatoms. The van der Waals surface area contributed by atoms with E-state index >= 15 is 0 Å². The number of nitrogens with zero attached hydrogens (tertiary/aromatic N) is 3. The Bertz CT molecular complexity index is 350. The van der Waals surface area contributed by atoms with Gasteiger partial charge in [0.05, 0.1) is 19.4 Å². The second-order valence-corrected chi connectivity index (χ2v) is 4.05. The Kier molecular flexibility index (Phi) is 2.47. The van der Waals surface area contributed by atoms with Crippen LogP contribution in [0.1, 0.15) is 0 Å². The fourth-order valence-electron chi connectivity index (χ4n) is 1.97. The highest BCUT2D eigenvalue weighted by molar-refractivity contribution is 5.04. The number of fused-ring (bicyclic) bond motifs is 1. The molecule has 0 spiro atoms. The van der Waals surface area contributed by atoms with Crippen LogP contribution in [0.2, 0.25) is 0 Å². The van der Waals surface area contributed by atoms with Gasteiger partial charge in [-0.25, -0.2) is 9.88 Å². The predicted octanol–water partition coefficient (Wildman–Crippen LogP) is -0.128. The van der Waals surface area contributed by atoms with Crippen LogP contribution in [-0.2, 0) is 9.47 Å². The molecule has 16 heavy (non-hydrogen) atoms. The summed E-state index contributed by atoms with van der Waals surface area (Å²) in [5.41, 5.74) is -0.141. The fraction of sp³-hybridized carbons (Fsp3) is 0.600. The normalized spacial score (nSPS) is 23.2. The first-order valence-electron chi connectivity index (χ1n) is 5.18. The number of ether oxygens (including phenoxy) is 3. The third kappa shape index (κ3) is 1.64. The average molecular weight is 223 g/mol. The summed E-state index contributed by atoms with van der Waals surface area (Å²) in [5.74, 6) is 0.538. The molecule has 0 N–H and O–H groups in total. The van der Waals surface area contributed by atoms with Crippen LogP contribution in [0.25, 0.3) is 0 Å². The van der Waals surface area contributed by atoms with Crippen molar-refractivity contribution in [3.8, 4) is 5.88 Å². The van der Waals surface area contributed by atoms with Crippen molar-refractivity contribution in [3.63, 3.8) is 0 Å². The lowest BCUT2D eigenvalue weighted by Gasteiger charge is -2.26. The molecule has 0 unspecified atom stereocenters. The van der Waals surface area contributed by atoms with E-state index in [-0.39, 0.29) is 5.54 Å². The summed E-state index contributed by atoms with van der Waals surface area (Å²) in [6, 6.07) is 0. The SMILES string of the molecule is c1cnc(OCC23COCN2COC3)cn1. The van der Waals surface area contributed by atoms with Gasteiger partial charge in [0, 0.05) is 12.4 Å². The van der Waals surface area contributed by atoms with Crippen LogP contribution in [0, 0.1) is 0 Å². The van der Waals surface area contributed by atoms with Gasteiger partial charge in [-0.15, -0.1) is 0 Å². The molecule has 0 atom stereocenters. The second kappa shape index (κ2) is 3.97. The number of hydrogen-bond acceptors (Lipinski definition) is 6. The van der Waals surface area contributed by atoms with Crippen LogP contribution in [0.5, 0.6) is 5.88 Å². The first kappa shape index (κ1) is 9.95. The molecule has 0 aliphatic carbocycles. The first-order valence-corrected chi connectivity index (χ1v) is 5.18. The molecule has 0 aromatic carbocycles. The molecule has 2 saturated heterocycles. The monoisotopic (exact) mass is 223 g/mol. The van der Waals surface area contributed by atoms with E-state index in [1.165, 1.54) is 0 Å². The lowest BCUT2D eigenvalue weighted by atomic mass is 10.0. The van der Waals surface area contributed by atoms with Gasteiger partial charge in [-0.2, -0.15) is 0 Å². The average Bonchev–Trinajstić information content (AvgIpc) is 2.87. The molecule has 3 rings (SSSR count). The molecule has 0 bridgehead atoms. The third-order valence-corrected chi connectivity index (χ3v) is 2.93. The largest absolute Gasteiger partial charge is 0.474 e. The topological polar surface area (TPSA) is 56.7 Å². The molecule has 0 radical (unpaired) electrons. The van der Waals surface area contributed by atoms with Crippen molar-refractivity contribution in [3.05, 3.63) is 18.6 Å². The predicted molar refractivity (Wildman–Crippen MR) is 53.7 cm³/mol. The van der Waals surface area contributed by atoms with E-state index in [2.05, 4.69) is 14.9 Å². The highest BCUT2D eigenvalue weighted by Gasteiger charge is 2.47. The van der Waals surface area contributed by atoms with Crippen molar-refractivity contribution in [2.45, 2.75) is 5.54 Å². The van der Waals surface area contributed by atoms with Gasteiger partial charge >= 0.3 is 0 Å². The number of rotatable bonds is 3. The Morgan fingerprint density at radius 2 is 2.12 bits per heavy atom. The maximum absolute atomic E-state index is 5.62. The van der Waals surface area contributed by atoms with Gasteiger partial charge in [-0.05, 0) is 0 Å². The number of hydrogen-bond donors (Lipinski definition) is 0. The van der Waals surface area contributed by atoms with Gasteiger partial charge < -0.3 is 14.2 Å². The maximum Gasteiger partial charge on any atom is 0.232 e. The lowest BCUT2D eigenvalue weighted by molar-refractivity contribution is 0.0694. The summed E-state index contributed by atoms with van der Waals surface area (Å²) >= 11 is 0. The summed E-state index contributed by atoms with van der Waals surface area (Å²) in [6.07, 6.45) is 4.84. The highest BCUT2D eigenvalue weighted by atomic mass is 16.6. The zero-order valence-corrected chi connectivity index (χ0v) is 8.83. The fourth-order valence-corrected chi connectivity index (χ4v) is 1.97. The number of aromatic nitrogens is 2. The van der Waals surface area contributed by atoms with Crippen molar-refractivity contribution in [2.24, 2.45) is 0 Å². The smallest absolute Gasteiger partial charge is 0.232 e. The third-order valence-electron chi connectivity index (χ3n) is 2.93. The van der Waals surface area contributed by atoms with Crippen LogP contribution >= 0.6 is 0 Å². The van der Waals surface area contributed by atoms with Crippen molar-refractivity contribution < 1.29 is 14.2 Å². The Labute approximate surface area is 93.1 Å². The Morgan fingerprint density at radius 3 is 2.81 bits per heavy atom. The van der Waals surface area contributed by atoms with Crippen molar-refractivity contribution in [1.29, 1.82) is 0 Å². The molecule has 86 valence electrons. The van der Waals surface area contributed by atoms with E-state index in [0.29, 0.717) is 39.2 Å². The molecule has 6 nitrogen and oxygen atoms in total. The Morgan fingerprint density at radius 1 is 1.31 bits per heavy atom. The van der Waals surface area contributed by atoms with Crippen molar-refractivity contribution in [2.75, 3.05) is 33.3 Å².